The van der Waals surface area contributed by atoms with E-state index in [1.54, 1.807) is 0 Å². The minimum absolute atomic E-state index is 0. The Balaban J connectivity index is 0. The third kappa shape index (κ3) is 8.74. The highest BCUT2D eigenvalue weighted by Gasteiger charge is 2.39. The van der Waals surface area contributed by atoms with Crippen LogP contribution in [0.5, 0.6) is 0 Å². The van der Waals surface area contributed by atoms with Crippen LogP contribution < -0.4 is 0 Å². The van der Waals surface area contributed by atoms with Gasteiger partial charge in [-0.2, -0.15) is 0 Å². The van der Waals surface area contributed by atoms with Gasteiger partial charge in [-0.05, 0) is 27.2 Å². The third-order valence-corrected chi connectivity index (χ3v) is 5.58. The van der Waals surface area contributed by atoms with Crippen LogP contribution in [0.4, 0.5) is 0 Å². The van der Waals surface area contributed by atoms with E-state index in [1.165, 1.54) is 19.3 Å². The Morgan fingerprint density at radius 1 is 0.706 bits per heavy atom. The van der Waals surface area contributed by atoms with Crippen LogP contribution in [0.2, 0.25) is 6.04 Å². The van der Waals surface area contributed by atoms with Gasteiger partial charge < -0.3 is 18.8 Å². The third-order valence-electron chi connectivity index (χ3n) is 2.43. The molecule has 0 bridgehead atoms. The molecular weight excluding hydrogens is 236 g/mol. The smallest absolute Gasteiger partial charge is 0.412 e. The summed E-state index contributed by atoms with van der Waals surface area (Å²) < 4.78 is 17.4. The standard InChI is InChI=1S/C12H28O3Si.H2O/c1-5-9-10-11-12-16(13-6-2,14-7-3)15-8-4;/h5-12H2,1-4H3;1H2. The molecule has 0 aliphatic heterocycles. The molecule has 0 spiro atoms. The predicted octanol–water partition coefficient (Wildman–Crippen LogP) is 2.79. The van der Waals surface area contributed by atoms with E-state index in [0.29, 0.717) is 19.8 Å². The van der Waals surface area contributed by atoms with Gasteiger partial charge in [-0.1, -0.05) is 26.2 Å². The van der Waals surface area contributed by atoms with Crippen LogP contribution >= 0.6 is 0 Å². The van der Waals surface area contributed by atoms with E-state index in [0.717, 1.165) is 12.5 Å². The summed E-state index contributed by atoms with van der Waals surface area (Å²) in [5.74, 6) is 0. The summed E-state index contributed by atoms with van der Waals surface area (Å²) in [6, 6.07) is 0.961. The second-order valence-electron chi connectivity index (χ2n) is 3.79. The van der Waals surface area contributed by atoms with Crippen LogP contribution in [-0.2, 0) is 13.3 Å². The average molecular weight is 266 g/mol. The van der Waals surface area contributed by atoms with Crippen molar-refractivity contribution in [2.24, 2.45) is 0 Å². The lowest BCUT2D eigenvalue weighted by atomic mass is 10.2. The van der Waals surface area contributed by atoms with Gasteiger partial charge in [-0.25, -0.2) is 0 Å². The topological polar surface area (TPSA) is 59.2 Å². The van der Waals surface area contributed by atoms with E-state index >= 15 is 0 Å². The maximum atomic E-state index is 5.79. The molecule has 0 heterocycles. The van der Waals surface area contributed by atoms with Crippen molar-refractivity contribution in [3.63, 3.8) is 0 Å². The lowest BCUT2D eigenvalue weighted by Gasteiger charge is -2.28. The van der Waals surface area contributed by atoms with Crippen molar-refractivity contribution in [2.75, 3.05) is 19.8 Å². The van der Waals surface area contributed by atoms with Gasteiger partial charge in [0.15, 0.2) is 0 Å². The molecule has 0 aromatic rings. The molecule has 0 atom stereocenters. The Morgan fingerprint density at radius 3 is 1.53 bits per heavy atom. The second kappa shape index (κ2) is 12.5. The molecule has 5 heteroatoms. The quantitative estimate of drug-likeness (QED) is 0.427. The van der Waals surface area contributed by atoms with Gasteiger partial charge in [0, 0.05) is 25.9 Å². The molecule has 0 rings (SSSR count). The largest absolute Gasteiger partial charge is 0.500 e. The molecule has 17 heavy (non-hydrogen) atoms. The Bertz CT molecular complexity index is 138. The Kier molecular flexibility index (Phi) is 14.3. The average Bonchev–Trinajstić information content (AvgIpc) is 2.26. The van der Waals surface area contributed by atoms with Crippen LogP contribution in [0.3, 0.4) is 0 Å². The minimum Gasteiger partial charge on any atom is -0.412 e. The van der Waals surface area contributed by atoms with E-state index < -0.39 is 8.80 Å². The molecule has 4 nitrogen and oxygen atoms in total. The molecule has 0 aliphatic rings. The van der Waals surface area contributed by atoms with E-state index in [9.17, 15) is 0 Å². The Hall–Kier alpha value is 0.0569. The van der Waals surface area contributed by atoms with Crippen molar-refractivity contribution in [1.29, 1.82) is 0 Å². The summed E-state index contributed by atoms with van der Waals surface area (Å²) in [7, 11) is -2.35. The van der Waals surface area contributed by atoms with Gasteiger partial charge >= 0.3 is 8.80 Å². The van der Waals surface area contributed by atoms with E-state index in [-0.39, 0.29) is 5.48 Å². The SMILES string of the molecule is CCCCCC[Si](OCC)(OCC)OCC.O. The van der Waals surface area contributed by atoms with Gasteiger partial charge in [0.1, 0.15) is 0 Å². The zero-order valence-corrected chi connectivity index (χ0v) is 12.9. The highest BCUT2D eigenvalue weighted by atomic mass is 28.4. The zero-order chi connectivity index (χ0) is 12.3. The molecule has 0 radical (unpaired) electrons. The molecule has 0 saturated heterocycles. The summed E-state index contributed by atoms with van der Waals surface area (Å²) >= 11 is 0. The molecule has 2 N–H and O–H groups in total. The summed E-state index contributed by atoms with van der Waals surface area (Å²) in [5.41, 5.74) is 0. The van der Waals surface area contributed by atoms with Gasteiger partial charge in [-0.15, -0.1) is 0 Å². The monoisotopic (exact) mass is 266 g/mol. The first kappa shape index (κ1) is 19.4. The highest BCUT2D eigenvalue weighted by molar-refractivity contribution is 6.60. The fraction of sp³-hybridized carbons (Fsp3) is 1.00. The number of unbranched alkanes of at least 4 members (excludes halogenated alkanes) is 3. The first-order chi connectivity index (χ1) is 7.74. The zero-order valence-electron chi connectivity index (χ0n) is 11.9. The lowest BCUT2D eigenvalue weighted by Crippen LogP contribution is -2.45. The first-order valence-electron chi connectivity index (χ1n) is 6.66. The van der Waals surface area contributed by atoms with Crippen molar-refractivity contribution in [1.82, 2.24) is 0 Å². The number of hydrogen-bond donors (Lipinski definition) is 0. The summed E-state index contributed by atoms with van der Waals surface area (Å²) in [6.07, 6.45) is 4.94. The van der Waals surface area contributed by atoms with Gasteiger partial charge in [0.25, 0.3) is 0 Å². The summed E-state index contributed by atoms with van der Waals surface area (Å²) in [5, 5.41) is 0. The minimum atomic E-state index is -2.35. The van der Waals surface area contributed by atoms with Gasteiger partial charge in [0.05, 0.1) is 0 Å². The fourth-order valence-corrected chi connectivity index (χ4v) is 4.46. The van der Waals surface area contributed by atoms with Crippen LogP contribution in [-0.4, -0.2) is 34.1 Å². The summed E-state index contributed by atoms with van der Waals surface area (Å²) in [4.78, 5) is 0. The predicted molar refractivity (Wildman–Crippen MR) is 73.2 cm³/mol. The summed E-state index contributed by atoms with van der Waals surface area (Å²) in [6.45, 7) is 10.3. The van der Waals surface area contributed by atoms with Crippen molar-refractivity contribution in [2.45, 2.75) is 59.4 Å². The maximum absolute atomic E-state index is 5.79. The van der Waals surface area contributed by atoms with E-state index in [4.69, 9.17) is 13.3 Å². The van der Waals surface area contributed by atoms with Crippen LogP contribution in [0, 0.1) is 0 Å². The van der Waals surface area contributed by atoms with Crippen molar-refractivity contribution in [3.8, 4) is 0 Å². The first-order valence-corrected chi connectivity index (χ1v) is 8.59. The fourth-order valence-electron chi connectivity index (χ4n) is 1.77. The maximum Gasteiger partial charge on any atom is 0.500 e. The normalized spacial score (nSPS) is 11.3. The molecule has 0 unspecified atom stereocenters. The van der Waals surface area contributed by atoms with Gasteiger partial charge in [-0.3, -0.25) is 0 Å². The van der Waals surface area contributed by atoms with Crippen molar-refractivity contribution >= 4 is 8.80 Å². The van der Waals surface area contributed by atoms with Crippen molar-refractivity contribution < 1.29 is 18.8 Å². The van der Waals surface area contributed by atoms with Crippen LogP contribution in [0.1, 0.15) is 53.4 Å². The Labute approximate surface area is 107 Å². The van der Waals surface area contributed by atoms with Crippen LogP contribution in [0.15, 0.2) is 0 Å². The number of hydrogen-bond acceptors (Lipinski definition) is 3. The lowest BCUT2D eigenvalue weighted by molar-refractivity contribution is 0.0706. The molecule has 0 amide bonds. The molecular formula is C12H30O4Si. The highest BCUT2D eigenvalue weighted by Crippen LogP contribution is 2.20. The Morgan fingerprint density at radius 2 is 1.18 bits per heavy atom. The molecule has 106 valence electrons. The molecule has 0 aromatic carbocycles. The number of rotatable bonds is 11. The van der Waals surface area contributed by atoms with Crippen molar-refractivity contribution in [3.05, 3.63) is 0 Å². The van der Waals surface area contributed by atoms with E-state index in [2.05, 4.69) is 6.92 Å². The molecule has 0 fully saturated rings. The molecule has 0 aromatic heterocycles. The van der Waals surface area contributed by atoms with E-state index in [1.807, 2.05) is 20.8 Å². The van der Waals surface area contributed by atoms with Gasteiger partial charge in [0.2, 0.25) is 0 Å². The van der Waals surface area contributed by atoms with Crippen LogP contribution in [0.25, 0.3) is 0 Å². The molecule has 0 aliphatic carbocycles. The molecule has 0 saturated carbocycles. The second-order valence-corrected chi connectivity index (χ2v) is 6.52.